The summed E-state index contributed by atoms with van der Waals surface area (Å²) in [7, 11) is 0. The zero-order valence-corrected chi connectivity index (χ0v) is 14.4. The molecule has 0 unspecified atom stereocenters. The standard InChI is InChI=1S/C19H18N4O3/c1-13(24)21-16-10-8-14(9-11-16)12-20-23-17(25)19(2,22-18(23)26)15-6-4-3-5-7-15/h3-12H,1-2H3,(H,21,24)(H,22,26)/b20-12-/t19-/m1/s1. The third kappa shape index (κ3) is 3.32. The molecule has 0 bridgehead atoms. The van der Waals surface area contributed by atoms with E-state index in [1.165, 1.54) is 13.1 Å². The monoisotopic (exact) mass is 350 g/mol. The maximum atomic E-state index is 12.7. The van der Waals surface area contributed by atoms with Gasteiger partial charge in [-0.3, -0.25) is 9.59 Å². The van der Waals surface area contributed by atoms with Crippen molar-refractivity contribution in [1.29, 1.82) is 0 Å². The van der Waals surface area contributed by atoms with Crippen LogP contribution in [0.2, 0.25) is 0 Å². The molecule has 132 valence electrons. The molecule has 7 nitrogen and oxygen atoms in total. The summed E-state index contributed by atoms with van der Waals surface area (Å²) in [6.07, 6.45) is 1.42. The Bertz CT molecular complexity index is 877. The second-order valence-electron chi connectivity index (χ2n) is 6.09. The first-order chi connectivity index (χ1) is 12.4. The van der Waals surface area contributed by atoms with Gasteiger partial charge < -0.3 is 10.6 Å². The Labute approximate surface area is 150 Å². The van der Waals surface area contributed by atoms with E-state index in [1.54, 1.807) is 43.3 Å². The van der Waals surface area contributed by atoms with E-state index in [2.05, 4.69) is 15.7 Å². The van der Waals surface area contributed by atoms with Gasteiger partial charge in [-0.1, -0.05) is 42.5 Å². The lowest BCUT2D eigenvalue weighted by Gasteiger charge is -2.20. The number of nitrogens with zero attached hydrogens (tertiary/aromatic N) is 2. The molecule has 26 heavy (non-hydrogen) atoms. The van der Waals surface area contributed by atoms with Gasteiger partial charge in [-0.05, 0) is 30.2 Å². The molecule has 1 fully saturated rings. The van der Waals surface area contributed by atoms with E-state index in [0.717, 1.165) is 5.01 Å². The average molecular weight is 350 g/mol. The number of anilines is 1. The zero-order chi connectivity index (χ0) is 18.7. The highest BCUT2D eigenvalue weighted by Crippen LogP contribution is 2.28. The second kappa shape index (κ2) is 6.79. The molecule has 2 N–H and O–H groups in total. The van der Waals surface area contributed by atoms with Gasteiger partial charge in [-0.2, -0.15) is 5.10 Å². The van der Waals surface area contributed by atoms with Gasteiger partial charge in [0.2, 0.25) is 5.91 Å². The van der Waals surface area contributed by atoms with Crippen LogP contribution in [0.4, 0.5) is 10.5 Å². The van der Waals surface area contributed by atoms with E-state index in [4.69, 9.17) is 0 Å². The maximum absolute atomic E-state index is 12.7. The van der Waals surface area contributed by atoms with Gasteiger partial charge in [-0.15, -0.1) is 5.01 Å². The molecule has 2 aromatic rings. The summed E-state index contributed by atoms with van der Waals surface area (Å²) in [4.78, 5) is 35.9. The van der Waals surface area contributed by atoms with Gasteiger partial charge in [0.25, 0.3) is 5.91 Å². The van der Waals surface area contributed by atoms with Crippen LogP contribution in [0.5, 0.6) is 0 Å². The van der Waals surface area contributed by atoms with Crippen molar-refractivity contribution >= 4 is 29.7 Å². The molecule has 1 saturated heterocycles. The zero-order valence-electron chi connectivity index (χ0n) is 14.4. The smallest absolute Gasteiger partial charge is 0.326 e. The molecule has 1 aliphatic rings. The number of carbonyl (C=O) groups is 3. The van der Waals surface area contributed by atoms with E-state index in [1.807, 2.05) is 18.2 Å². The Morgan fingerprint density at radius 3 is 2.38 bits per heavy atom. The second-order valence-corrected chi connectivity index (χ2v) is 6.09. The fourth-order valence-electron chi connectivity index (χ4n) is 2.68. The first kappa shape index (κ1) is 17.3. The number of urea groups is 1. The number of nitrogens with one attached hydrogen (secondary N) is 2. The lowest BCUT2D eigenvalue weighted by atomic mass is 9.92. The predicted molar refractivity (Wildman–Crippen MR) is 97.5 cm³/mol. The summed E-state index contributed by atoms with van der Waals surface area (Å²) < 4.78 is 0. The number of hydrogen-bond acceptors (Lipinski definition) is 4. The lowest BCUT2D eigenvalue weighted by molar-refractivity contribution is -0.131. The van der Waals surface area contributed by atoms with E-state index in [-0.39, 0.29) is 5.91 Å². The van der Waals surface area contributed by atoms with Crippen molar-refractivity contribution in [2.75, 3.05) is 5.32 Å². The van der Waals surface area contributed by atoms with Crippen LogP contribution in [0.1, 0.15) is 25.0 Å². The molecule has 0 aromatic heterocycles. The van der Waals surface area contributed by atoms with Crippen LogP contribution in [0.25, 0.3) is 0 Å². The largest absolute Gasteiger partial charge is 0.346 e. The maximum Gasteiger partial charge on any atom is 0.346 e. The summed E-state index contributed by atoms with van der Waals surface area (Å²) in [6.45, 7) is 3.08. The Hall–Kier alpha value is -3.48. The van der Waals surface area contributed by atoms with Crippen molar-refractivity contribution in [3.05, 3.63) is 65.7 Å². The predicted octanol–water partition coefficient (Wildman–Crippen LogP) is 2.45. The van der Waals surface area contributed by atoms with Gasteiger partial charge in [0.05, 0.1) is 6.21 Å². The fourth-order valence-corrected chi connectivity index (χ4v) is 2.68. The van der Waals surface area contributed by atoms with Crippen LogP contribution in [0, 0.1) is 0 Å². The molecular formula is C19H18N4O3. The number of hydrazone groups is 1. The molecule has 1 atom stereocenters. The van der Waals surface area contributed by atoms with Crippen molar-refractivity contribution < 1.29 is 14.4 Å². The van der Waals surface area contributed by atoms with Gasteiger partial charge in [0, 0.05) is 12.6 Å². The number of benzene rings is 2. The van der Waals surface area contributed by atoms with E-state index >= 15 is 0 Å². The Morgan fingerprint density at radius 1 is 1.12 bits per heavy atom. The number of amides is 4. The Balaban J connectivity index is 1.77. The highest BCUT2D eigenvalue weighted by Gasteiger charge is 2.49. The quantitative estimate of drug-likeness (QED) is 0.655. The van der Waals surface area contributed by atoms with E-state index in [0.29, 0.717) is 16.8 Å². The minimum atomic E-state index is -1.15. The average Bonchev–Trinajstić information content (AvgIpc) is 2.85. The summed E-state index contributed by atoms with van der Waals surface area (Å²) in [6, 6.07) is 15.3. The molecule has 0 spiro atoms. The number of rotatable bonds is 4. The first-order valence-electron chi connectivity index (χ1n) is 8.04. The van der Waals surface area contributed by atoms with Crippen LogP contribution in [0.3, 0.4) is 0 Å². The topological polar surface area (TPSA) is 90.9 Å². The number of hydrogen-bond donors (Lipinski definition) is 2. The van der Waals surface area contributed by atoms with Crippen molar-refractivity contribution in [2.45, 2.75) is 19.4 Å². The summed E-state index contributed by atoms with van der Waals surface area (Å²) in [5, 5.41) is 10.2. The Kier molecular flexibility index (Phi) is 4.53. The first-order valence-corrected chi connectivity index (χ1v) is 8.04. The molecule has 1 heterocycles. The third-order valence-corrected chi connectivity index (χ3v) is 4.07. The Morgan fingerprint density at radius 2 is 1.77 bits per heavy atom. The van der Waals surface area contributed by atoms with Gasteiger partial charge >= 0.3 is 6.03 Å². The summed E-state index contributed by atoms with van der Waals surface area (Å²) >= 11 is 0. The molecule has 4 amide bonds. The lowest BCUT2D eigenvalue weighted by Crippen LogP contribution is -2.40. The van der Waals surface area contributed by atoms with Crippen LogP contribution in [0.15, 0.2) is 59.7 Å². The van der Waals surface area contributed by atoms with Crippen molar-refractivity contribution in [2.24, 2.45) is 5.10 Å². The van der Waals surface area contributed by atoms with Crippen LogP contribution < -0.4 is 10.6 Å². The van der Waals surface area contributed by atoms with Crippen LogP contribution >= 0.6 is 0 Å². The highest BCUT2D eigenvalue weighted by molar-refractivity contribution is 6.07. The van der Waals surface area contributed by atoms with Crippen LogP contribution in [-0.2, 0) is 15.1 Å². The molecule has 0 aliphatic carbocycles. The molecule has 0 radical (unpaired) electrons. The van der Waals surface area contributed by atoms with Gasteiger partial charge in [0.1, 0.15) is 5.54 Å². The minimum Gasteiger partial charge on any atom is -0.326 e. The van der Waals surface area contributed by atoms with Crippen molar-refractivity contribution in [3.8, 4) is 0 Å². The van der Waals surface area contributed by atoms with Gasteiger partial charge in [0.15, 0.2) is 0 Å². The summed E-state index contributed by atoms with van der Waals surface area (Å²) in [5.41, 5.74) is 0.885. The molecule has 1 aliphatic heterocycles. The minimum absolute atomic E-state index is 0.161. The summed E-state index contributed by atoms with van der Waals surface area (Å²) in [5.74, 6) is -0.606. The van der Waals surface area contributed by atoms with E-state index in [9.17, 15) is 14.4 Å². The molecule has 7 heteroatoms. The SMILES string of the molecule is CC(=O)Nc1ccc(/C=N\N2C(=O)N[C@](C)(c3ccccc3)C2=O)cc1. The van der Waals surface area contributed by atoms with Gasteiger partial charge in [-0.25, -0.2) is 4.79 Å². The van der Waals surface area contributed by atoms with E-state index < -0.39 is 17.5 Å². The highest BCUT2D eigenvalue weighted by atomic mass is 16.2. The normalized spacial score (nSPS) is 19.7. The molecule has 2 aromatic carbocycles. The third-order valence-electron chi connectivity index (χ3n) is 4.07. The fraction of sp³-hybridized carbons (Fsp3) is 0.158. The molecule has 0 saturated carbocycles. The molecule has 3 rings (SSSR count). The number of carbonyl (C=O) groups excluding carboxylic acids is 3. The molecular weight excluding hydrogens is 332 g/mol. The van der Waals surface area contributed by atoms with Crippen molar-refractivity contribution in [1.82, 2.24) is 10.3 Å². The number of imide groups is 1. The van der Waals surface area contributed by atoms with Crippen LogP contribution in [-0.4, -0.2) is 29.1 Å². The van der Waals surface area contributed by atoms with Crippen molar-refractivity contribution in [3.63, 3.8) is 0 Å².